The Labute approximate surface area is 108 Å². The Morgan fingerprint density at radius 2 is 1.82 bits per heavy atom. The fraction of sp³-hybridized carbons (Fsp3) is 1.00. The van der Waals surface area contributed by atoms with Gasteiger partial charge in [-0.1, -0.05) is 0 Å². The maximum Gasteiger partial charge on any atom is 0.168 e. The summed E-state index contributed by atoms with van der Waals surface area (Å²) in [6.07, 6.45) is 2.61. The highest BCUT2D eigenvalue weighted by Crippen LogP contribution is 2.36. The van der Waals surface area contributed by atoms with E-state index in [4.69, 9.17) is 10.8 Å². The number of ether oxygens (including phenoxy) is 2. The fourth-order valence-corrected chi connectivity index (χ4v) is 2.88. The summed E-state index contributed by atoms with van der Waals surface area (Å²) in [5.74, 6) is -0.463. The summed E-state index contributed by atoms with van der Waals surface area (Å²) in [5, 5.41) is 0. The van der Waals surface area contributed by atoms with Gasteiger partial charge in [0.2, 0.25) is 0 Å². The van der Waals surface area contributed by atoms with Gasteiger partial charge in [-0.15, -0.1) is 4.72 Å². The van der Waals surface area contributed by atoms with Crippen LogP contribution < -0.4 is 4.72 Å². The molecule has 2 fully saturated rings. The lowest BCUT2D eigenvalue weighted by atomic mass is 9.91. The predicted octanol–water partition coefficient (Wildman–Crippen LogP) is 1.72. The van der Waals surface area contributed by atoms with Gasteiger partial charge in [0, 0.05) is 24.2 Å². The van der Waals surface area contributed by atoms with E-state index in [1.54, 1.807) is 0 Å². The Bertz CT molecular complexity index is 292. The molecule has 1 aliphatic heterocycles. The molecule has 0 unspecified atom stereocenters. The highest BCUT2D eigenvalue weighted by atomic mass is 32.2. The SMILES string of the molecule is [2H]C1(N[S@+]([O-])C(C)(C)C)CCC2(CC1)OCCO2. The monoisotopic (exact) mass is 262 g/mol. The van der Waals surface area contributed by atoms with Crippen molar-refractivity contribution < 1.29 is 15.4 Å². The van der Waals surface area contributed by atoms with Crippen molar-refractivity contribution in [1.82, 2.24) is 4.72 Å². The third-order valence-corrected chi connectivity index (χ3v) is 4.81. The summed E-state index contributed by atoms with van der Waals surface area (Å²) in [6.45, 7) is 7.02. The van der Waals surface area contributed by atoms with Crippen LogP contribution in [0.25, 0.3) is 0 Å². The summed E-state index contributed by atoms with van der Waals surface area (Å²) in [4.78, 5) is 0. The molecule has 1 saturated heterocycles. The normalized spacial score (nSPS) is 30.2. The Morgan fingerprint density at radius 3 is 2.29 bits per heavy atom. The van der Waals surface area contributed by atoms with Crippen LogP contribution in [0.5, 0.6) is 0 Å². The average molecular weight is 262 g/mol. The highest BCUT2D eigenvalue weighted by molar-refractivity contribution is 7.90. The van der Waals surface area contributed by atoms with Gasteiger partial charge in [-0.2, -0.15) is 0 Å². The maximum atomic E-state index is 12.1. The van der Waals surface area contributed by atoms with Crippen molar-refractivity contribution in [2.45, 2.75) is 63.0 Å². The van der Waals surface area contributed by atoms with E-state index < -0.39 is 23.2 Å². The second kappa shape index (κ2) is 5.05. The summed E-state index contributed by atoms with van der Waals surface area (Å²) >= 11 is -1.21. The first-order valence-corrected chi connectivity index (χ1v) is 7.37. The van der Waals surface area contributed by atoms with Crippen LogP contribution in [0.3, 0.4) is 0 Å². The number of hydrogen-bond donors (Lipinski definition) is 1. The first kappa shape index (κ1) is 12.2. The molecule has 0 aromatic rings. The maximum absolute atomic E-state index is 12.1. The van der Waals surface area contributed by atoms with Crippen molar-refractivity contribution in [2.75, 3.05) is 13.2 Å². The van der Waals surface area contributed by atoms with Crippen LogP contribution in [0.15, 0.2) is 0 Å². The summed E-state index contributed by atoms with van der Waals surface area (Å²) in [6, 6.07) is -0.821. The molecule has 1 spiro atoms. The van der Waals surface area contributed by atoms with Gasteiger partial charge in [-0.3, -0.25) is 0 Å². The fourth-order valence-electron chi connectivity index (χ4n) is 2.10. The molecular formula is C12H23NO3S. The summed E-state index contributed by atoms with van der Waals surface area (Å²) in [7, 11) is 0. The van der Waals surface area contributed by atoms with E-state index in [9.17, 15) is 4.55 Å². The van der Waals surface area contributed by atoms with Crippen molar-refractivity contribution in [3.8, 4) is 0 Å². The lowest BCUT2D eigenvalue weighted by Crippen LogP contribution is -2.48. The zero-order chi connectivity index (χ0) is 13.4. The molecule has 100 valence electrons. The Balaban J connectivity index is 1.91. The molecule has 1 aliphatic carbocycles. The molecule has 0 amide bonds. The highest BCUT2D eigenvalue weighted by Gasteiger charge is 2.41. The van der Waals surface area contributed by atoms with Gasteiger partial charge < -0.3 is 14.0 Å². The Morgan fingerprint density at radius 1 is 1.29 bits per heavy atom. The Kier molecular flexibility index (Phi) is 3.64. The van der Waals surface area contributed by atoms with Crippen LogP contribution in [0, 0.1) is 0 Å². The second-order valence-electron chi connectivity index (χ2n) is 5.69. The molecule has 1 saturated carbocycles. The predicted molar refractivity (Wildman–Crippen MR) is 67.9 cm³/mol. The van der Waals surface area contributed by atoms with Gasteiger partial charge in [0.1, 0.15) is 4.75 Å². The van der Waals surface area contributed by atoms with E-state index >= 15 is 0 Å². The summed E-state index contributed by atoms with van der Waals surface area (Å²) < 4.78 is 34.3. The molecule has 4 nitrogen and oxygen atoms in total. The molecule has 1 heterocycles. The van der Waals surface area contributed by atoms with E-state index in [0.717, 1.165) is 0 Å². The molecular weight excluding hydrogens is 238 g/mol. The van der Waals surface area contributed by atoms with Gasteiger partial charge in [0.25, 0.3) is 0 Å². The van der Waals surface area contributed by atoms with Crippen molar-refractivity contribution in [2.24, 2.45) is 0 Å². The third kappa shape index (κ3) is 3.35. The van der Waals surface area contributed by atoms with Crippen LogP contribution in [-0.2, 0) is 20.8 Å². The number of hydrogen-bond acceptors (Lipinski definition) is 4. The van der Waals surface area contributed by atoms with Crippen molar-refractivity contribution >= 4 is 11.4 Å². The van der Waals surface area contributed by atoms with Gasteiger partial charge in [0.05, 0.1) is 20.6 Å². The topological polar surface area (TPSA) is 53.5 Å². The molecule has 0 aromatic heterocycles. The molecule has 2 rings (SSSR count). The quantitative estimate of drug-likeness (QED) is 0.770. The molecule has 0 radical (unpaired) electrons. The van der Waals surface area contributed by atoms with Gasteiger partial charge in [0.15, 0.2) is 5.79 Å². The van der Waals surface area contributed by atoms with Crippen molar-refractivity contribution in [3.63, 3.8) is 0 Å². The van der Waals surface area contributed by atoms with Crippen LogP contribution in [-0.4, -0.2) is 34.3 Å². The molecule has 17 heavy (non-hydrogen) atoms. The summed E-state index contributed by atoms with van der Waals surface area (Å²) in [5.41, 5.74) is 0. The average Bonchev–Trinajstić information content (AvgIpc) is 2.71. The lowest BCUT2D eigenvalue weighted by molar-refractivity contribution is -0.178. The third-order valence-electron chi connectivity index (χ3n) is 3.22. The van der Waals surface area contributed by atoms with Crippen LogP contribution >= 0.6 is 0 Å². The van der Waals surface area contributed by atoms with Crippen LogP contribution in [0.1, 0.15) is 47.8 Å². The lowest BCUT2D eigenvalue weighted by Gasteiger charge is -2.36. The van der Waals surface area contributed by atoms with Gasteiger partial charge in [-0.25, -0.2) is 0 Å². The van der Waals surface area contributed by atoms with E-state index in [0.29, 0.717) is 38.9 Å². The van der Waals surface area contributed by atoms with Crippen LogP contribution in [0.4, 0.5) is 0 Å². The van der Waals surface area contributed by atoms with E-state index in [1.807, 2.05) is 20.8 Å². The molecule has 2 aliphatic rings. The first-order valence-electron chi connectivity index (χ1n) is 6.72. The zero-order valence-electron chi connectivity index (χ0n) is 11.9. The van der Waals surface area contributed by atoms with E-state index in [-0.39, 0.29) is 4.75 Å². The molecule has 0 bridgehead atoms. The molecule has 0 aromatic carbocycles. The number of rotatable bonds is 2. The van der Waals surface area contributed by atoms with Crippen molar-refractivity contribution in [1.29, 1.82) is 0 Å². The minimum atomic E-state index is -1.21. The zero-order valence-corrected chi connectivity index (χ0v) is 11.7. The van der Waals surface area contributed by atoms with Gasteiger partial charge in [-0.05, 0) is 33.6 Å². The number of nitrogens with one attached hydrogen (secondary N) is 1. The minimum Gasteiger partial charge on any atom is -0.598 e. The largest absolute Gasteiger partial charge is 0.598 e. The van der Waals surface area contributed by atoms with Crippen molar-refractivity contribution in [3.05, 3.63) is 0 Å². The van der Waals surface area contributed by atoms with E-state index in [1.165, 1.54) is 0 Å². The molecule has 1 N–H and O–H groups in total. The smallest absolute Gasteiger partial charge is 0.168 e. The minimum absolute atomic E-state index is 0.344. The standard InChI is InChI=1S/C12H23NO3S/c1-11(2,3)17(14)13-10-4-6-12(7-5-10)15-8-9-16-12/h10,13H,4-9H2,1-3H3/t17-/m1/s1/i10D. The Hall–Kier alpha value is 0.190. The van der Waals surface area contributed by atoms with Crippen LogP contribution in [0.2, 0.25) is 0 Å². The first-order chi connectivity index (χ1) is 8.25. The van der Waals surface area contributed by atoms with Gasteiger partial charge >= 0.3 is 0 Å². The molecule has 5 heteroatoms. The molecule has 1 atom stereocenters. The van der Waals surface area contributed by atoms with E-state index in [2.05, 4.69) is 4.72 Å². The second-order valence-corrected chi connectivity index (χ2v) is 7.66.